The molecule has 0 radical (unpaired) electrons. The zero-order chi connectivity index (χ0) is 15.1. The summed E-state index contributed by atoms with van der Waals surface area (Å²) < 4.78 is 23.3. The molecule has 1 N–H and O–H groups in total. The van der Waals surface area contributed by atoms with Gasteiger partial charge in [-0.15, -0.1) is 0 Å². The molecule has 0 aliphatic carbocycles. The van der Waals surface area contributed by atoms with Crippen LogP contribution >= 0.6 is 7.60 Å². The fraction of sp³-hybridized carbons (Fsp3) is 0.500. The number of hydrogen-bond acceptors (Lipinski definition) is 5. The van der Waals surface area contributed by atoms with Crippen molar-refractivity contribution in [2.45, 2.75) is 19.3 Å². The number of hydrogen-bond donors (Lipinski definition) is 1. The van der Waals surface area contributed by atoms with E-state index in [1.165, 1.54) is 14.2 Å². The van der Waals surface area contributed by atoms with Gasteiger partial charge in [-0.3, -0.25) is 4.57 Å². The lowest BCUT2D eigenvalue weighted by molar-refractivity contribution is 0.180. The second-order valence-electron chi connectivity index (χ2n) is 5.39. The molecule has 21 heavy (non-hydrogen) atoms. The first-order valence-corrected chi connectivity index (χ1v) is 8.62. The number of aliphatic hydroxyl groups excluding tert-OH is 1. The average Bonchev–Trinajstić information content (AvgIpc) is 2.78. The van der Waals surface area contributed by atoms with E-state index in [1.54, 1.807) is 12.3 Å². The van der Waals surface area contributed by atoms with E-state index < -0.39 is 7.60 Å². The van der Waals surface area contributed by atoms with Gasteiger partial charge in [-0.2, -0.15) is 0 Å². The molecule has 3 rings (SSSR count). The van der Waals surface area contributed by atoms with Crippen LogP contribution in [0, 0.1) is 0 Å². The number of nitrogens with zero attached hydrogens (tertiary/aromatic N) is 2. The number of piperidine rings is 1. The minimum Gasteiger partial charge on any atom is -0.466 e. The molecule has 1 aromatic heterocycles. The molecule has 0 atom stereocenters. The Morgan fingerprint density at radius 2 is 1.90 bits per heavy atom. The van der Waals surface area contributed by atoms with E-state index in [0.29, 0.717) is 5.56 Å². The molecule has 2 aliphatic rings. The van der Waals surface area contributed by atoms with Crippen LogP contribution in [0.1, 0.15) is 24.8 Å². The summed E-state index contributed by atoms with van der Waals surface area (Å²) in [5, 5.41) is 11.1. The Morgan fingerprint density at radius 1 is 1.24 bits per heavy atom. The first-order valence-electron chi connectivity index (χ1n) is 7.08. The quantitative estimate of drug-likeness (QED) is 0.685. The van der Waals surface area contributed by atoms with Crippen LogP contribution in [-0.2, 0) is 13.6 Å². The van der Waals surface area contributed by atoms with Crippen LogP contribution in [0.25, 0.3) is 5.31 Å². The number of quaternary nitrogens is 1. The Hall–Kier alpha value is -1.20. The maximum Gasteiger partial charge on any atom is 0.371 e. The first-order chi connectivity index (χ1) is 10.1. The van der Waals surface area contributed by atoms with Crippen LogP contribution < -0.4 is 4.48 Å². The third-order valence-electron chi connectivity index (χ3n) is 4.40. The summed E-state index contributed by atoms with van der Waals surface area (Å²) in [6.45, 7) is 1.51. The highest BCUT2D eigenvalue weighted by atomic mass is 31.2. The van der Waals surface area contributed by atoms with Gasteiger partial charge in [0.1, 0.15) is 0 Å². The minimum absolute atomic E-state index is 0.0652. The van der Waals surface area contributed by atoms with Gasteiger partial charge < -0.3 is 14.2 Å². The highest BCUT2D eigenvalue weighted by molar-refractivity contribution is 7.65. The largest absolute Gasteiger partial charge is 0.466 e. The van der Waals surface area contributed by atoms with E-state index in [4.69, 9.17) is 9.05 Å². The van der Waals surface area contributed by atoms with Crippen LogP contribution in [0.4, 0.5) is 5.82 Å². The number of fused-ring (bicyclic) bond motifs is 2. The van der Waals surface area contributed by atoms with Crippen molar-refractivity contribution in [1.29, 1.82) is 0 Å². The predicted octanol–water partition coefficient (Wildman–Crippen LogP) is 3.26. The first kappa shape index (κ1) is 14.7. The Kier molecular flexibility index (Phi) is 3.66. The van der Waals surface area contributed by atoms with Gasteiger partial charge in [0, 0.05) is 20.4 Å². The molecule has 0 amide bonds. The number of pyridine rings is 1. The van der Waals surface area contributed by atoms with Crippen molar-refractivity contribution >= 4 is 18.7 Å². The summed E-state index contributed by atoms with van der Waals surface area (Å²) in [5.74, 6) is 0.814. The maximum absolute atomic E-state index is 12.9. The fourth-order valence-corrected chi connectivity index (χ4v) is 4.77. The Morgan fingerprint density at radius 3 is 2.52 bits per heavy atom. The van der Waals surface area contributed by atoms with Crippen molar-refractivity contribution < 1.29 is 18.7 Å². The molecule has 0 unspecified atom stereocenters. The lowest BCUT2D eigenvalue weighted by Crippen LogP contribution is -2.51. The van der Waals surface area contributed by atoms with E-state index in [1.807, 2.05) is 6.07 Å². The zero-order valence-corrected chi connectivity index (χ0v) is 13.2. The molecule has 1 saturated heterocycles. The van der Waals surface area contributed by atoms with Gasteiger partial charge in [-0.25, -0.2) is 9.47 Å². The Balaban J connectivity index is 2.25. The molecule has 7 heteroatoms. The van der Waals surface area contributed by atoms with Gasteiger partial charge in [0.2, 0.25) is 5.82 Å². The second kappa shape index (κ2) is 5.21. The lowest BCUT2D eigenvalue weighted by Gasteiger charge is -2.35. The van der Waals surface area contributed by atoms with Gasteiger partial charge in [0.15, 0.2) is 5.31 Å². The van der Waals surface area contributed by atoms with E-state index in [-0.39, 0.29) is 15.7 Å². The van der Waals surface area contributed by atoms with Crippen LogP contribution in [0.3, 0.4) is 0 Å². The van der Waals surface area contributed by atoms with Gasteiger partial charge in [-0.1, -0.05) is 0 Å². The van der Waals surface area contributed by atoms with E-state index in [2.05, 4.69) is 4.98 Å². The second-order valence-corrected chi connectivity index (χ2v) is 7.56. The normalized spacial score (nSPS) is 20.9. The maximum atomic E-state index is 12.9. The third kappa shape index (κ3) is 1.98. The standard InChI is InChI=1S/C14H19N2O4P/c1-19-21(18,20-2)12-11-7-6-8-15-13(11)16(14(12)17)9-4-3-5-10-16/h6-8H,3-5,9-10H2,1-2H3/p+1. The zero-order valence-electron chi connectivity index (χ0n) is 12.3. The molecule has 114 valence electrons. The summed E-state index contributed by atoms with van der Waals surface area (Å²) >= 11 is 0. The van der Waals surface area contributed by atoms with E-state index >= 15 is 0 Å². The summed E-state index contributed by atoms with van der Waals surface area (Å²) in [7, 11) is -0.870. The molecule has 3 heterocycles. The average molecular weight is 311 g/mol. The van der Waals surface area contributed by atoms with Gasteiger partial charge in [0.05, 0.1) is 18.7 Å². The number of aromatic nitrogens is 1. The predicted molar refractivity (Wildman–Crippen MR) is 80.8 cm³/mol. The molecular weight excluding hydrogens is 291 g/mol. The molecule has 1 fully saturated rings. The molecule has 0 bridgehead atoms. The highest BCUT2D eigenvalue weighted by Crippen LogP contribution is 2.65. The molecule has 0 aromatic carbocycles. The van der Waals surface area contributed by atoms with Crippen molar-refractivity contribution in [3.8, 4) is 0 Å². The topological polar surface area (TPSA) is 68.7 Å². The van der Waals surface area contributed by atoms with Crippen molar-refractivity contribution in [3.05, 3.63) is 29.8 Å². The molecule has 6 nitrogen and oxygen atoms in total. The van der Waals surface area contributed by atoms with Crippen LogP contribution in [0.15, 0.2) is 24.2 Å². The summed E-state index contributed by atoms with van der Waals surface area (Å²) in [4.78, 5) is 4.46. The molecular formula is C14H20N2O4P+. The van der Waals surface area contributed by atoms with Crippen molar-refractivity contribution in [3.63, 3.8) is 0 Å². The van der Waals surface area contributed by atoms with Crippen LogP contribution in [-0.4, -0.2) is 37.4 Å². The van der Waals surface area contributed by atoms with Gasteiger partial charge >= 0.3 is 13.5 Å². The summed E-state index contributed by atoms with van der Waals surface area (Å²) in [6, 6.07) is 3.59. The van der Waals surface area contributed by atoms with Gasteiger partial charge in [0.25, 0.3) is 0 Å². The van der Waals surface area contributed by atoms with Crippen molar-refractivity contribution in [1.82, 2.24) is 9.47 Å². The van der Waals surface area contributed by atoms with Gasteiger partial charge in [-0.05, 0) is 31.4 Å². The Labute approximate surface area is 124 Å². The van der Waals surface area contributed by atoms with E-state index in [9.17, 15) is 9.67 Å². The minimum atomic E-state index is -3.54. The van der Waals surface area contributed by atoms with Crippen LogP contribution in [0.2, 0.25) is 0 Å². The summed E-state index contributed by atoms with van der Waals surface area (Å²) in [6.07, 6.45) is 4.83. The smallest absolute Gasteiger partial charge is 0.371 e. The van der Waals surface area contributed by atoms with E-state index in [0.717, 1.165) is 38.2 Å². The SMILES string of the molecule is COP(=O)(OC)C1=C(O)[N+]2(CCCCC2)c2ncccc21. The third-order valence-corrected chi connectivity index (χ3v) is 6.35. The molecule has 1 spiro atoms. The molecule has 1 aromatic rings. The number of aliphatic hydroxyl groups is 1. The summed E-state index contributed by atoms with van der Waals surface area (Å²) in [5.41, 5.74) is 0.670. The van der Waals surface area contributed by atoms with Crippen molar-refractivity contribution in [2.24, 2.45) is 0 Å². The fourth-order valence-electron chi connectivity index (χ4n) is 3.35. The lowest BCUT2D eigenvalue weighted by atomic mass is 10.1. The monoisotopic (exact) mass is 311 g/mol. The van der Waals surface area contributed by atoms with Crippen molar-refractivity contribution in [2.75, 3.05) is 27.3 Å². The van der Waals surface area contributed by atoms with Crippen LogP contribution in [0.5, 0.6) is 0 Å². The Bertz CT molecular complexity index is 630. The highest BCUT2D eigenvalue weighted by Gasteiger charge is 2.54. The number of rotatable bonds is 3. The molecule has 0 saturated carbocycles. The molecule has 2 aliphatic heterocycles.